The van der Waals surface area contributed by atoms with Crippen LogP contribution < -0.4 is 0 Å². The maximum atomic E-state index is 11.4. The molecule has 0 atom stereocenters. The highest BCUT2D eigenvalue weighted by atomic mass is 32.1. The average Bonchev–Trinajstić information content (AvgIpc) is 3.26. The molecule has 0 bridgehead atoms. The van der Waals surface area contributed by atoms with Crippen molar-refractivity contribution in [3.8, 4) is 11.1 Å². The molecule has 0 spiro atoms. The van der Waals surface area contributed by atoms with Gasteiger partial charge in [0.1, 0.15) is 4.83 Å². The van der Waals surface area contributed by atoms with E-state index in [9.17, 15) is 4.79 Å². The van der Waals surface area contributed by atoms with Gasteiger partial charge in [-0.3, -0.25) is 4.79 Å². The fraction of sp³-hybridized carbons (Fsp3) is 0.417. The third-order valence-electron chi connectivity index (χ3n) is 5.79. The van der Waals surface area contributed by atoms with E-state index in [4.69, 9.17) is 9.72 Å². The van der Waals surface area contributed by atoms with Gasteiger partial charge in [0, 0.05) is 22.4 Å². The summed E-state index contributed by atoms with van der Waals surface area (Å²) in [5, 5.41) is 1.38. The van der Waals surface area contributed by atoms with Crippen LogP contribution in [-0.2, 0) is 28.8 Å². The number of ether oxygens (including phenoxy) is 1. The molecule has 0 fully saturated rings. The van der Waals surface area contributed by atoms with Gasteiger partial charge in [0.2, 0.25) is 0 Å². The molecule has 2 heterocycles. The van der Waals surface area contributed by atoms with Crippen LogP contribution in [0.3, 0.4) is 0 Å². The summed E-state index contributed by atoms with van der Waals surface area (Å²) in [6, 6.07) is 8.90. The van der Waals surface area contributed by atoms with E-state index in [1.807, 2.05) is 11.3 Å². The van der Waals surface area contributed by atoms with Crippen LogP contribution >= 0.6 is 11.3 Å². The molecule has 1 aliphatic carbocycles. The number of thiophene rings is 1. The third-order valence-corrected chi connectivity index (χ3v) is 6.97. The Morgan fingerprint density at radius 2 is 1.93 bits per heavy atom. The smallest absolute Gasteiger partial charge is 0.305 e. The molecule has 0 saturated heterocycles. The Bertz CT molecular complexity index is 1020. The maximum Gasteiger partial charge on any atom is 0.305 e. The van der Waals surface area contributed by atoms with E-state index in [-0.39, 0.29) is 5.97 Å². The van der Waals surface area contributed by atoms with E-state index < -0.39 is 0 Å². The number of nitrogens with zero attached hydrogens (tertiary/aromatic N) is 1. The van der Waals surface area contributed by atoms with Crippen molar-refractivity contribution in [1.82, 2.24) is 4.98 Å². The minimum atomic E-state index is -0.125. The molecule has 28 heavy (non-hydrogen) atoms. The molecule has 0 unspecified atom stereocenters. The first-order valence-corrected chi connectivity index (χ1v) is 11.0. The molecule has 0 radical (unpaired) electrons. The van der Waals surface area contributed by atoms with E-state index in [1.54, 1.807) is 0 Å². The Morgan fingerprint density at radius 1 is 1.14 bits per heavy atom. The van der Waals surface area contributed by atoms with Gasteiger partial charge >= 0.3 is 5.97 Å². The van der Waals surface area contributed by atoms with Crippen LogP contribution in [0.2, 0.25) is 0 Å². The van der Waals surface area contributed by atoms with Crippen molar-refractivity contribution in [3.05, 3.63) is 51.5 Å². The first-order valence-electron chi connectivity index (χ1n) is 10.2. The van der Waals surface area contributed by atoms with Gasteiger partial charge < -0.3 is 4.74 Å². The molecule has 3 aromatic rings. The predicted octanol–water partition coefficient (Wildman–Crippen LogP) is 5.95. The molecule has 0 amide bonds. The summed E-state index contributed by atoms with van der Waals surface area (Å²) in [6.07, 6.45) is 6.86. The molecule has 0 N–H and O–H groups in total. The monoisotopic (exact) mass is 393 g/mol. The van der Waals surface area contributed by atoms with Crippen LogP contribution in [0.25, 0.3) is 21.3 Å². The van der Waals surface area contributed by atoms with E-state index in [0.29, 0.717) is 6.42 Å². The minimum Gasteiger partial charge on any atom is -0.469 e. The second-order valence-electron chi connectivity index (χ2n) is 7.74. The van der Waals surface area contributed by atoms with Crippen molar-refractivity contribution < 1.29 is 9.53 Å². The fourth-order valence-corrected chi connectivity index (χ4v) is 5.61. The summed E-state index contributed by atoms with van der Waals surface area (Å²) in [6.45, 7) is 4.27. The lowest BCUT2D eigenvalue weighted by molar-refractivity contribution is -0.140. The molecular weight excluding hydrogens is 366 g/mol. The summed E-state index contributed by atoms with van der Waals surface area (Å²) >= 11 is 1.88. The number of benzene rings is 1. The summed E-state index contributed by atoms with van der Waals surface area (Å²) in [4.78, 5) is 19.2. The number of carbonyl (C=O) groups is 1. The van der Waals surface area contributed by atoms with Crippen molar-refractivity contribution in [2.45, 2.75) is 58.8 Å². The number of methoxy groups -OCH3 is 1. The van der Waals surface area contributed by atoms with Gasteiger partial charge in [-0.25, -0.2) is 4.98 Å². The lowest BCUT2D eigenvalue weighted by atomic mass is 9.91. The number of pyridine rings is 1. The number of hydrogen-bond acceptors (Lipinski definition) is 4. The van der Waals surface area contributed by atoms with Crippen LogP contribution in [-0.4, -0.2) is 18.1 Å². The largest absolute Gasteiger partial charge is 0.469 e. The molecule has 3 nitrogen and oxygen atoms in total. The second kappa shape index (κ2) is 8.04. The van der Waals surface area contributed by atoms with Crippen molar-refractivity contribution >= 4 is 27.5 Å². The fourth-order valence-electron chi connectivity index (χ4n) is 4.30. The van der Waals surface area contributed by atoms with Gasteiger partial charge in [0.05, 0.1) is 7.11 Å². The van der Waals surface area contributed by atoms with Gasteiger partial charge in [0.25, 0.3) is 0 Å². The maximum absolute atomic E-state index is 11.4. The topological polar surface area (TPSA) is 39.2 Å². The van der Waals surface area contributed by atoms with E-state index in [2.05, 4.69) is 38.1 Å². The van der Waals surface area contributed by atoms with Crippen molar-refractivity contribution in [3.63, 3.8) is 0 Å². The van der Waals surface area contributed by atoms with Crippen LogP contribution in [0.5, 0.6) is 0 Å². The Labute approximate surface area is 170 Å². The number of carbonyl (C=O) groups excluding carboxylic acids is 1. The highest BCUT2D eigenvalue weighted by molar-refractivity contribution is 7.19. The highest BCUT2D eigenvalue weighted by Crippen LogP contribution is 2.44. The number of unbranched alkanes of at least 4 members (excludes halogenated alkanes) is 1. The molecule has 2 aromatic heterocycles. The molecule has 0 saturated carbocycles. The SMILES string of the molecule is COC(=O)CCCCc1c(C)nc2sc3c(c2c1-c1ccc(C)cc1)CCC3. The van der Waals surface area contributed by atoms with Crippen molar-refractivity contribution in [2.75, 3.05) is 7.11 Å². The first-order chi connectivity index (χ1) is 13.6. The molecule has 4 rings (SSSR count). The van der Waals surface area contributed by atoms with Crippen LogP contribution in [0, 0.1) is 13.8 Å². The number of fused-ring (bicyclic) bond motifs is 3. The summed E-state index contributed by atoms with van der Waals surface area (Å²) in [7, 11) is 1.46. The number of hydrogen-bond donors (Lipinski definition) is 0. The number of aromatic nitrogens is 1. The molecule has 146 valence electrons. The van der Waals surface area contributed by atoms with Crippen LogP contribution in [0.1, 0.15) is 52.9 Å². The normalized spacial score (nSPS) is 13.1. The molecule has 4 heteroatoms. The minimum absolute atomic E-state index is 0.125. The first kappa shape index (κ1) is 19.1. The molecule has 1 aromatic carbocycles. The van der Waals surface area contributed by atoms with E-state index >= 15 is 0 Å². The number of aryl methyl sites for hydroxylation is 4. The number of rotatable bonds is 6. The van der Waals surface area contributed by atoms with E-state index in [0.717, 1.165) is 25.0 Å². The van der Waals surface area contributed by atoms with E-state index in [1.165, 1.54) is 69.3 Å². The average molecular weight is 394 g/mol. The molecular formula is C24H27NO2S. The summed E-state index contributed by atoms with van der Waals surface area (Å²) in [5.74, 6) is -0.125. The molecule has 0 aliphatic heterocycles. The van der Waals surface area contributed by atoms with Crippen molar-refractivity contribution in [1.29, 1.82) is 0 Å². The lowest BCUT2D eigenvalue weighted by Gasteiger charge is -2.16. The zero-order chi connectivity index (χ0) is 19.7. The van der Waals surface area contributed by atoms with Gasteiger partial charge in [-0.1, -0.05) is 29.8 Å². The standard InChI is InChI=1S/C24H27NO2S/c1-15-11-13-17(14-12-15)22-18(7-4-5-10-21(26)27-3)16(2)25-24-23(22)19-8-6-9-20(19)28-24/h11-14H,4-10H2,1-3H3. The predicted molar refractivity (Wildman–Crippen MR) is 116 cm³/mol. The zero-order valence-corrected chi connectivity index (χ0v) is 17.7. The van der Waals surface area contributed by atoms with Gasteiger partial charge in [-0.2, -0.15) is 0 Å². The van der Waals surface area contributed by atoms with Crippen LogP contribution in [0.4, 0.5) is 0 Å². The summed E-state index contributed by atoms with van der Waals surface area (Å²) in [5.41, 5.74) is 7.94. The molecule has 1 aliphatic rings. The van der Waals surface area contributed by atoms with Gasteiger partial charge in [-0.05, 0) is 74.6 Å². The van der Waals surface area contributed by atoms with Crippen molar-refractivity contribution in [2.24, 2.45) is 0 Å². The second-order valence-corrected chi connectivity index (χ2v) is 8.82. The Kier molecular flexibility index (Phi) is 5.49. The Hall–Kier alpha value is -2.20. The Balaban J connectivity index is 1.79. The van der Waals surface area contributed by atoms with Gasteiger partial charge in [-0.15, -0.1) is 11.3 Å². The van der Waals surface area contributed by atoms with Crippen LogP contribution in [0.15, 0.2) is 24.3 Å². The lowest BCUT2D eigenvalue weighted by Crippen LogP contribution is -2.02. The van der Waals surface area contributed by atoms with Gasteiger partial charge in [0.15, 0.2) is 0 Å². The quantitative estimate of drug-likeness (QED) is 0.383. The highest BCUT2D eigenvalue weighted by Gasteiger charge is 2.24. The summed E-state index contributed by atoms with van der Waals surface area (Å²) < 4.78 is 4.78. The zero-order valence-electron chi connectivity index (χ0n) is 16.9. The Morgan fingerprint density at radius 3 is 2.68 bits per heavy atom. The number of esters is 1. The third kappa shape index (κ3) is 3.58.